The number of carboxylic acids is 1. The van der Waals surface area contributed by atoms with Gasteiger partial charge in [-0.2, -0.15) is 0 Å². The molecule has 1 heterocycles. The van der Waals surface area contributed by atoms with E-state index in [-0.39, 0.29) is 30.4 Å². The maximum absolute atomic E-state index is 11.9. The number of anilines is 2. The molecule has 2 aromatic rings. The summed E-state index contributed by atoms with van der Waals surface area (Å²) in [6.07, 6.45) is 1.10. The second kappa shape index (κ2) is 7.26. The van der Waals surface area contributed by atoms with Gasteiger partial charge in [-0.15, -0.1) is 0 Å². The lowest BCUT2D eigenvalue weighted by Crippen LogP contribution is -2.14. The maximum atomic E-state index is 11.9. The van der Waals surface area contributed by atoms with Crippen LogP contribution in [0.15, 0.2) is 41.0 Å². The van der Waals surface area contributed by atoms with Crippen LogP contribution in [0.4, 0.5) is 11.4 Å². The highest BCUT2D eigenvalue weighted by atomic mass is 16.4. The predicted molar refractivity (Wildman–Crippen MR) is 83.3 cm³/mol. The first-order valence-corrected chi connectivity index (χ1v) is 6.93. The third kappa shape index (κ3) is 4.70. The van der Waals surface area contributed by atoms with Crippen molar-refractivity contribution >= 4 is 29.2 Å². The van der Waals surface area contributed by atoms with E-state index in [0.29, 0.717) is 11.4 Å². The number of benzene rings is 1. The Bertz CT molecular complexity index is 722. The van der Waals surface area contributed by atoms with E-state index in [4.69, 9.17) is 9.52 Å². The first kappa shape index (κ1) is 16.3. The van der Waals surface area contributed by atoms with Crippen LogP contribution in [0.2, 0.25) is 0 Å². The Labute approximate surface area is 132 Å². The first-order chi connectivity index (χ1) is 11.0. The van der Waals surface area contributed by atoms with E-state index in [0.717, 1.165) is 5.56 Å². The summed E-state index contributed by atoms with van der Waals surface area (Å²) in [5.74, 6) is -1.56. The number of rotatable bonds is 6. The Morgan fingerprint density at radius 1 is 1.13 bits per heavy atom. The monoisotopic (exact) mass is 316 g/mol. The molecular weight excluding hydrogens is 300 g/mol. The summed E-state index contributed by atoms with van der Waals surface area (Å²) in [7, 11) is 0. The molecule has 7 heteroatoms. The number of hydrogen-bond donors (Lipinski definition) is 3. The van der Waals surface area contributed by atoms with Crippen molar-refractivity contribution in [1.29, 1.82) is 0 Å². The van der Waals surface area contributed by atoms with Gasteiger partial charge in [0.15, 0.2) is 5.76 Å². The van der Waals surface area contributed by atoms with Gasteiger partial charge in [0.25, 0.3) is 5.91 Å². The largest absolute Gasteiger partial charge is 0.481 e. The summed E-state index contributed by atoms with van der Waals surface area (Å²) < 4.78 is 5.01. The van der Waals surface area contributed by atoms with Crippen LogP contribution in [-0.2, 0) is 9.59 Å². The van der Waals surface area contributed by atoms with Gasteiger partial charge in [-0.1, -0.05) is 0 Å². The molecule has 0 atom stereocenters. The molecule has 0 fully saturated rings. The minimum atomic E-state index is -1.02. The average molecular weight is 316 g/mol. The van der Waals surface area contributed by atoms with Gasteiger partial charge < -0.3 is 20.2 Å². The molecule has 0 saturated carbocycles. The fourth-order valence-electron chi connectivity index (χ4n) is 1.92. The standard InChI is InChI=1S/C16H16N2O5/c1-10-9-11(17-14(19)6-7-15(20)21)4-5-12(10)18-16(22)13-3-2-8-23-13/h2-5,8-9H,6-7H2,1H3,(H,17,19)(H,18,22)(H,20,21). The van der Waals surface area contributed by atoms with Gasteiger partial charge >= 0.3 is 5.97 Å². The van der Waals surface area contributed by atoms with Crippen LogP contribution in [0.1, 0.15) is 29.0 Å². The lowest BCUT2D eigenvalue weighted by Gasteiger charge is -2.10. The lowest BCUT2D eigenvalue weighted by atomic mass is 10.1. The molecule has 0 saturated heterocycles. The molecule has 0 radical (unpaired) electrons. The third-order valence-corrected chi connectivity index (χ3v) is 3.07. The highest BCUT2D eigenvalue weighted by molar-refractivity contribution is 6.03. The number of hydrogen-bond acceptors (Lipinski definition) is 4. The van der Waals surface area contributed by atoms with E-state index in [1.165, 1.54) is 6.26 Å². The fraction of sp³-hybridized carbons (Fsp3) is 0.188. The van der Waals surface area contributed by atoms with Crippen molar-refractivity contribution in [2.75, 3.05) is 10.6 Å². The van der Waals surface area contributed by atoms with Gasteiger partial charge in [0.1, 0.15) is 0 Å². The Balaban J connectivity index is 1.99. The zero-order chi connectivity index (χ0) is 16.8. The maximum Gasteiger partial charge on any atom is 0.303 e. The number of aliphatic carboxylic acids is 1. The molecule has 120 valence electrons. The van der Waals surface area contributed by atoms with Crippen LogP contribution in [0, 0.1) is 6.92 Å². The normalized spacial score (nSPS) is 10.1. The molecule has 3 N–H and O–H groups in total. The topological polar surface area (TPSA) is 109 Å². The molecule has 0 bridgehead atoms. The molecule has 23 heavy (non-hydrogen) atoms. The van der Waals surface area contributed by atoms with Gasteiger partial charge in [-0.05, 0) is 42.8 Å². The van der Waals surface area contributed by atoms with Gasteiger partial charge in [-0.3, -0.25) is 14.4 Å². The number of carboxylic acid groups (broad SMARTS) is 1. The molecule has 2 amide bonds. The van der Waals surface area contributed by atoms with Gasteiger partial charge in [0.05, 0.1) is 12.7 Å². The first-order valence-electron chi connectivity index (χ1n) is 6.93. The Morgan fingerprint density at radius 3 is 2.52 bits per heavy atom. The van der Waals surface area contributed by atoms with E-state index in [9.17, 15) is 14.4 Å². The molecule has 0 aliphatic carbocycles. The zero-order valence-electron chi connectivity index (χ0n) is 12.5. The van der Waals surface area contributed by atoms with E-state index in [2.05, 4.69) is 10.6 Å². The van der Waals surface area contributed by atoms with Gasteiger partial charge in [0.2, 0.25) is 5.91 Å². The Hall–Kier alpha value is -3.09. The smallest absolute Gasteiger partial charge is 0.303 e. The minimum absolute atomic E-state index is 0.0919. The van der Waals surface area contributed by atoms with Crippen molar-refractivity contribution in [1.82, 2.24) is 0 Å². The highest BCUT2D eigenvalue weighted by Gasteiger charge is 2.11. The molecule has 1 aromatic carbocycles. The van der Waals surface area contributed by atoms with Crippen LogP contribution in [-0.4, -0.2) is 22.9 Å². The van der Waals surface area contributed by atoms with Gasteiger partial charge in [-0.25, -0.2) is 0 Å². The molecular formula is C16H16N2O5. The summed E-state index contributed by atoms with van der Waals surface area (Å²) >= 11 is 0. The van der Waals surface area contributed by atoms with Crippen LogP contribution in [0.25, 0.3) is 0 Å². The Kier molecular flexibility index (Phi) is 5.14. The van der Waals surface area contributed by atoms with Crippen molar-refractivity contribution in [2.24, 2.45) is 0 Å². The molecule has 7 nitrogen and oxygen atoms in total. The lowest BCUT2D eigenvalue weighted by molar-refractivity contribution is -0.138. The van der Waals surface area contributed by atoms with Crippen molar-refractivity contribution in [2.45, 2.75) is 19.8 Å². The quantitative estimate of drug-likeness (QED) is 0.759. The van der Waals surface area contributed by atoms with E-state index < -0.39 is 5.97 Å². The summed E-state index contributed by atoms with van der Waals surface area (Å²) in [5.41, 5.74) is 1.88. The van der Waals surface area contributed by atoms with Crippen molar-refractivity contribution < 1.29 is 23.9 Å². The SMILES string of the molecule is Cc1cc(NC(=O)CCC(=O)O)ccc1NC(=O)c1ccco1. The summed E-state index contributed by atoms with van der Waals surface area (Å²) in [4.78, 5) is 33.9. The van der Waals surface area contributed by atoms with Crippen molar-refractivity contribution in [3.05, 3.63) is 47.9 Å². The van der Waals surface area contributed by atoms with E-state index in [1.807, 2.05) is 0 Å². The van der Waals surface area contributed by atoms with Crippen molar-refractivity contribution in [3.63, 3.8) is 0 Å². The second-order valence-electron chi connectivity index (χ2n) is 4.90. The number of aryl methyl sites for hydroxylation is 1. The number of carbonyl (C=O) groups is 3. The van der Waals surface area contributed by atoms with Crippen LogP contribution < -0.4 is 10.6 Å². The summed E-state index contributed by atoms with van der Waals surface area (Å²) in [6, 6.07) is 8.15. The zero-order valence-corrected chi connectivity index (χ0v) is 12.5. The van der Waals surface area contributed by atoms with Crippen LogP contribution in [0.3, 0.4) is 0 Å². The fourth-order valence-corrected chi connectivity index (χ4v) is 1.92. The highest BCUT2D eigenvalue weighted by Crippen LogP contribution is 2.20. The summed E-state index contributed by atoms with van der Waals surface area (Å²) in [5, 5.41) is 13.9. The molecule has 0 unspecified atom stereocenters. The molecule has 0 aliphatic heterocycles. The Morgan fingerprint density at radius 2 is 1.91 bits per heavy atom. The molecule has 2 rings (SSSR count). The number of furan rings is 1. The van der Waals surface area contributed by atoms with E-state index in [1.54, 1.807) is 37.3 Å². The number of carbonyl (C=O) groups excluding carboxylic acids is 2. The minimum Gasteiger partial charge on any atom is -0.481 e. The van der Waals surface area contributed by atoms with Crippen LogP contribution in [0.5, 0.6) is 0 Å². The molecule has 0 spiro atoms. The van der Waals surface area contributed by atoms with Crippen LogP contribution >= 0.6 is 0 Å². The second-order valence-corrected chi connectivity index (χ2v) is 4.90. The molecule has 0 aliphatic rings. The third-order valence-electron chi connectivity index (χ3n) is 3.07. The summed E-state index contributed by atoms with van der Waals surface area (Å²) in [6.45, 7) is 1.78. The molecule has 1 aromatic heterocycles. The average Bonchev–Trinajstić information content (AvgIpc) is 3.02. The number of amides is 2. The van der Waals surface area contributed by atoms with Crippen molar-refractivity contribution in [3.8, 4) is 0 Å². The van der Waals surface area contributed by atoms with Gasteiger partial charge in [0, 0.05) is 17.8 Å². The van der Waals surface area contributed by atoms with E-state index >= 15 is 0 Å². The predicted octanol–water partition coefficient (Wildman–Crippen LogP) is 2.64. The number of nitrogens with one attached hydrogen (secondary N) is 2.